The molecule has 2 fully saturated rings. The van der Waals surface area contributed by atoms with Crippen LogP contribution in [0.3, 0.4) is 0 Å². The third kappa shape index (κ3) is 2.26. The zero-order valence-corrected chi connectivity index (χ0v) is 12.6. The van der Waals surface area contributed by atoms with Crippen molar-refractivity contribution in [3.63, 3.8) is 0 Å². The summed E-state index contributed by atoms with van der Waals surface area (Å²) in [6.45, 7) is 1.27. The van der Waals surface area contributed by atoms with Gasteiger partial charge in [-0.1, -0.05) is 23.7 Å². The maximum Gasteiger partial charge on any atom is 0.324 e. The predicted molar refractivity (Wildman–Crippen MR) is 78.7 cm³/mol. The van der Waals surface area contributed by atoms with E-state index in [2.05, 4.69) is 5.32 Å². The Morgan fingerprint density at radius 2 is 2.23 bits per heavy atom. The average Bonchev–Trinajstić information content (AvgIpc) is 2.96. The van der Waals surface area contributed by atoms with Crippen LogP contribution in [-0.4, -0.2) is 58.5 Å². The Morgan fingerprint density at radius 1 is 1.50 bits per heavy atom. The number of benzene rings is 1. The number of para-hydroxylation sites is 1. The monoisotopic (exact) mass is 328 g/mol. The second kappa shape index (κ2) is 5.68. The molecule has 0 saturated carbocycles. The summed E-state index contributed by atoms with van der Waals surface area (Å²) in [5.41, 5.74) is 1.29. The van der Waals surface area contributed by atoms with Crippen LogP contribution in [0.1, 0.15) is 5.56 Å². The van der Waals surface area contributed by atoms with Crippen LogP contribution in [0.4, 0.5) is 10.5 Å². The van der Waals surface area contributed by atoms with Crippen LogP contribution < -0.4 is 10.2 Å². The van der Waals surface area contributed by atoms with Crippen LogP contribution >= 0.6 is 11.6 Å². The van der Waals surface area contributed by atoms with E-state index in [-0.39, 0.29) is 0 Å². The molecule has 0 spiro atoms. The molecule has 3 rings (SSSR count). The number of ether oxygens (including phenoxy) is 1. The summed E-state index contributed by atoms with van der Waals surface area (Å²) < 4.78 is 5.62. The lowest BCUT2D eigenvalue weighted by molar-refractivity contribution is -0.0804. The number of amides is 2. The van der Waals surface area contributed by atoms with Crippen LogP contribution in [0.2, 0.25) is 5.02 Å². The molecular formula is C14H17ClN2O5. The quantitative estimate of drug-likeness (QED) is 0.625. The molecule has 1 aromatic carbocycles. The van der Waals surface area contributed by atoms with E-state index in [1.54, 1.807) is 12.1 Å². The van der Waals surface area contributed by atoms with E-state index in [1.165, 1.54) is 4.90 Å². The maximum absolute atomic E-state index is 12.2. The molecule has 0 radical (unpaired) electrons. The lowest BCUT2D eigenvalue weighted by Gasteiger charge is -2.26. The third-order valence-corrected chi connectivity index (χ3v) is 4.37. The molecule has 0 bridgehead atoms. The van der Waals surface area contributed by atoms with Gasteiger partial charge in [0.25, 0.3) is 0 Å². The zero-order chi connectivity index (χ0) is 16.0. The number of anilines is 1. The first kappa shape index (κ1) is 15.5. The lowest BCUT2D eigenvalue weighted by atomic mass is 10.0. The van der Waals surface area contributed by atoms with Crippen molar-refractivity contribution in [2.24, 2.45) is 0 Å². The Hall–Kier alpha value is -1.38. The smallest absolute Gasteiger partial charge is 0.324 e. The van der Waals surface area contributed by atoms with Gasteiger partial charge in [-0.15, -0.1) is 0 Å². The van der Waals surface area contributed by atoms with Gasteiger partial charge in [0, 0.05) is 0 Å². The minimum atomic E-state index is -1.23. The molecule has 4 N–H and O–H groups in total. The zero-order valence-electron chi connectivity index (χ0n) is 11.8. The Balaban J connectivity index is 1.95. The molecule has 22 heavy (non-hydrogen) atoms. The Kier molecular flexibility index (Phi) is 4.00. The van der Waals surface area contributed by atoms with E-state index in [4.69, 9.17) is 21.4 Å². The largest absolute Gasteiger partial charge is 0.394 e. The second-order valence-corrected chi connectivity index (χ2v) is 5.89. The number of hydrogen-bond acceptors (Lipinski definition) is 5. The molecule has 0 aromatic heterocycles. The number of rotatable bonds is 3. The van der Waals surface area contributed by atoms with Crippen LogP contribution in [0.15, 0.2) is 18.2 Å². The summed E-state index contributed by atoms with van der Waals surface area (Å²) in [4.78, 5) is 13.6. The van der Waals surface area contributed by atoms with Gasteiger partial charge in [0.2, 0.25) is 0 Å². The normalized spacial score (nSPS) is 32.0. The highest BCUT2D eigenvalue weighted by atomic mass is 35.5. The summed E-state index contributed by atoms with van der Waals surface area (Å²) in [7, 11) is 0. The minimum Gasteiger partial charge on any atom is -0.394 e. The number of nitrogens with one attached hydrogen (secondary N) is 1. The standard InChI is InChI=1S/C14H17ClN2O5/c1-6-3-2-4-7(15)10(6)17-13-9(16-14(17)21)11(20)12(22-13)8(19)5-18/h2-4,8-9,11-13,18-20H,5H2,1H3,(H,16,21)/t8-,9-,11-,12-,13+/m1/s1. The average molecular weight is 329 g/mol. The first-order valence-corrected chi connectivity index (χ1v) is 7.30. The van der Waals surface area contributed by atoms with Gasteiger partial charge in [0.1, 0.15) is 24.4 Å². The topological polar surface area (TPSA) is 102 Å². The first-order valence-electron chi connectivity index (χ1n) is 6.93. The summed E-state index contributed by atoms with van der Waals surface area (Å²) in [6.07, 6.45) is -4.13. The number of aryl methyl sites for hydroxylation is 1. The molecule has 1 aromatic rings. The SMILES string of the molecule is Cc1cccc(Cl)c1N1C(=O)N[C@@H]2[C@@H](O)[C@@H]([C@H](O)CO)O[C@@H]21. The van der Waals surface area contributed by atoms with Gasteiger partial charge in [-0.05, 0) is 18.6 Å². The molecule has 7 nitrogen and oxygen atoms in total. The van der Waals surface area contributed by atoms with E-state index >= 15 is 0 Å². The number of aliphatic hydroxyl groups excluding tert-OH is 3. The van der Waals surface area contributed by atoms with Gasteiger partial charge < -0.3 is 25.4 Å². The van der Waals surface area contributed by atoms with Crippen molar-refractivity contribution >= 4 is 23.3 Å². The predicted octanol–water partition coefficient (Wildman–Crippen LogP) is -0.0144. The number of carbonyl (C=O) groups excluding carboxylic acids is 1. The molecule has 2 saturated heterocycles. The van der Waals surface area contributed by atoms with Crippen molar-refractivity contribution < 1.29 is 24.9 Å². The van der Waals surface area contributed by atoms with E-state index < -0.39 is 43.2 Å². The van der Waals surface area contributed by atoms with Gasteiger partial charge in [0.05, 0.1) is 17.3 Å². The number of nitrogens with zero attached hydrogens (tertiary/aromatic N) is 1. The fourth-order valence-electron chi connectivity index (χ4n) is 2.98. The summed E-state index contributed by atoms with van der Waals surface area (Å²) >= 11 is 6.20. The lowest BCUT2D eigenvalue weighted by Crippen LogP contribution is -2.45. The Labute approximate surface area is 132 Å². The van der Waals surface area contributed by atoms with Crippen molar-refractivity contribution in [3.05, 3.63) is 28.8 Å². The first-order chi connectivity index (χ1) is 10.5. The van der Waals surface area contributed by atoms with E-state index in [0.717, 1.165) is 5.56 Å². The van der Waals surface area contributed by atoms with E-state index in [1.807, 2.05) is 13.0 Å². The molecule has 0 unspecified atom stereocenters. The van der Waals surface area contributed by atoms with Gasteiger partial charge in [-0.25, -0.2) is 4.79 Å². The van der Waals surface area contributed by atoms with Gasteiger partial charge in [-0.2, -0.15) is 0 Å². The van der Waals surface area contributed by atoms with Gasteiger partial charge in [0.15, 0.2) is 6.23 Å². The molecule has 2 aliphatic rings. The van der Waals surface area contributed by atoms with Crippen molar-refractivity contribution in [1.82, 2.24) is 5.32 Å². The number of halogens is 1. The molecular weight excluding hydrogens is 312 g/mol. The van der Waals surface area contributed by atoms with Crippen molar-refractivity contribution in [2.45, 2.75) is 37.5 Å². The molecule has 120 valence electrons. The summed E-state index contributed by atoms with van der Waals surface area (Å²) in [5.74, 6) is 0. The number of urea groups is 1. The molecule has 0 aliphatic carbocycles. The number of fused-ring (bicyclic) bond motifs is 1. The highest BCUT2D eigenvalue weighted by molar-refractivity contribution is 6.34. The van der Waals surface area contributed by atoms with Gasteiger partial charge in [-0.3, -0.25) is 4.90 Å². The van der Waals surface area contributed by atoms with E-state index in [9.17, 15) is 15.0 Å². The number of hydrogen-bond donors (Lipinski definition) is 4. The molecule has 8 heteroatoms. The van der Waals surface area contributed by atoms with Crippen LogP contribution in [0, 0.1) is 6.92 Å². The molecule has 2 aliphatic heterocycles. The van der Waals surface area contributed by atoms with Crippen LogP contribution in [-0.2, 0) is 4.74 Å². The van der Waals surface area contributed by atoms with Gasteiger partial charge >= 0.3 is 6.03 Å². The van der Waals surface area contributed by atoms with Crippen molar-refractivity contribution in [3.8, 4) is 0 Å². The number of carbonyl (C=O) groups is 1. The highest BCUT2D eigenvalue weighted by Crippen LogP contribution is 2.38. The van der Waals surface area contributed by atoms with Crippen molar-refractivity contribution in [1.29, 1.82) is 0 Å². The fraction of sp³-hybridized carbons (Fsp3) is 0.500. The minimum absolute atomic E-state index is 0.389. The third-order valence-electron chi connectivity index (χ3n) is 4.07. The van der Waals surface area contributed by atoms with E-state index in [0.29, 0.717) is 10.7 Å². The van der Waals surface area contributed by atoms with Crippen LogP contribution in [0.5, 0.6) is 0 Å². The Morgan fingerprint density at radius 3 is 2.86 bits per heavy atom. The second-order valence-electron chi connectivity index (χ2n) is 5.48. The highest BCUT2D eigenvalue weighted by Gasteiger charge is 2.55. The molecule has 2 amide bonds. The van der Waals surface area contributed by atoms with Crippen molar-refractivity contribution in [2.75, 3.05) is 11.5 Å². The van der Waals surface area contributed by atoms with Crippen LogP contribution in [0.25, 0.3) is 0 Å². The fourth-order valence-corrected chi connectivity index (χ4v) is 3.30. The summed E-state index contributed by atoms with van der Waals surface area (Å²) in [6, 6.07) is 4.12. The Bertz CT molecular complexity index is 578. The maximum atomic E-state index is 12.2. The summed E-state index contributed by atoms with van der Waals surface area (Å²) in [5, 5.41) is 32.0. The number of aliphatic hydroxyl groups is 3. The molecule has 5 atom stereocenters. The molecule has 2 heterocycles.